The normalized spacial score (nSPS) is 18.6. The van der Waals surface area contributed by atoms with Gasteiger partial charge in [-0.25, -0.2) is 8.42 Å². The van der Waals surface area contributed by atoms with E-state index in [0.717, 1.165) is 12.8 Å². The van der Waals surface area contributed by atoms with Crippen molar-refractivity contribution in [2.24, 2.45) is 5.73 Å². The quantitative estimate of drug-likeness (QED) is 0.771. The predicted molar refractivity (Wildman–Crippen MR) is 88.0 cm³/mol. The maximum absolute atomic E-state index is 12.7. The topological polar surface area (TPSA) is 72.6 Å². The Morgan fingerprint density at radius 2 is 2.10 bits per heavy atom. The van der Waals surface area contributed by atoms with E-state index in [1.165, 1.54) is 4.31 Å². The molecule has 1 aliphatic rings. The Balaban J connectivity index is 2.18. The molecule has 1 aromatic carbocycles. The minimum atomic E-state index is -3.46. The van der Waals surface area contributed by atoms with Gasteiger partial charge in [0.15, 0.2) is 0 Å². The minimum absolute atomic E-state index is 0.000766. The molecule has 0 bridgehead atoms. The first-order valence-corrected chi connectivity index (χ1v) is 8.96. The van der Waals surface area contributed by atoms with E-state index in [1.54, 1.807) is 12.1 Å². The summed E-state index contributed by atoms with van der Waals surface area (Å²) in [6, 6.07) is 9.01. The van der Waals surface area contributed by atoms with Crippen LogP contribution in [0.1, 0.15) is 19.3 Å². The van der Waals surface area contributed by atoms with E-state index >= 15 is 0 Å². The number of hydrogen-bond donors (Lipinski definition) is 1. The standard InChI is InChI=1S/C14H20N2O3S2/c15-14(20)8-9-16(12-5-2-1-3-6-12)21(17,18)11-13-7-4-10-19-13/h1-3,5-6,13H,4,7-11H2,(H2,15,20). The summed E-state index contributed by atoms with van der Waals surface area (Å²) < 4.78 is 32.1. The number of thiocarbonyl (C=S) groups is 1. The molecule has 0 radical (unpaired) electrons. The summed E-state index contributed by atoms with van der Waals surface area (Å²) in [4.78, 5) is 0.309. The number of sulfonamides is 1. The fraction of sp³-hybridized carbons (Fsp3) is 0.500. The van der Waals surface area contributed by atoms with E-state index in [-0.39, 0.29) is 18.4 Å². The molecule has 0 aromatic heterocycles. The number of anilines is 1. The van der Waals surface area contributed by atoms with Crippen LogP contribution in [0.3, 0.4) is 0 Å². The van der Waals surface area contributed by atoms with Crippen molar-refractivity contribution in [2.75, 3.05) is 23.2 Å². The van der Waals surface area contributed by atoms with Crippen molar-refractivity contribution in [3.05, 3.63) is 30.3 Å². The summed E-state index contributed by atoms with van der Waals surface area (Å²) in [7, 11) is -3.46. The Kier molecular flexibility index (Phi) is 5.55. The lowest BCUT2D eigenvalue weighted by molar-refractivity contribution is 0.127. The Morgan fingerprint density at radius 1 is 1.38 bits per heavy atom. The van der Waals surface area contributed by atoms with Crippen LogP contribution in [0, 0.1) is 0 Å². The van der Waals surface area contributed by atoms with Gasteiger partial charge in [-0.2, -0.15) is 0 Å². The molecule has 1 fully saturated rings. The summed E-state index contributed by atoms with van der Waals surface area (Å²) in [5.74, 6) is -0.000766. The average molecular weight is 328 g/mol. The summed E-state index contributed by atoms with van der Waals surface area (Å²) in [6.07, 6.45) is 1.84. The monoisotopic (exact) mass is 328 g/mol. The van der Waals surface area contributed by atoms with E-state index in [0.29, 0.717) is 23.7 Å². The van der Waals surface area contributed by atoms with Gasteiger partial charge in [0, 0.05) is 19.6 Å². The third kappa shape index (κ3) is 4.66. The van der Waals surface area contributed by atoms with Crippen LogP contribution in [0.25, 0.3) is 0 Å². The van der Waals surface area contributed by atoms with Crippen molar-refractivity contribution < 1.29 is 13.2 Å². The zero-order valence-electron chi connectivity index (χ0n) is 11.8. The molecule has 1 aromatic rings. The largest absolute Gasteiger partial charge is 0.393 e. The molecule has 7 heteroatoms. The number of hydrogen-bond acceptors (Lipinski definition) is 4. The molecular weight excluding hydrogens is 308 g/mol. The van der Waals surface area contributed by atoms with Gasteiger partial charge in [-0.3, -0.25) is 4.31 Å². The van der Waals surface area contributed by atoms with Gasteiger partial charge in [0.1, 0.15) is 0 Å². The van der Waals surface area contributed by atoms with E-state index in [9.17, 15) is 8.42 Å². The molecule has 1 unspecified atom stereocenters. The van der Waals surface area contributed by atoms with E-state index in [2.05, 4.69) is 0 Å². The number of benzene rings is 1. The van der Waals surface area contributed by atoms with Crippen molar-refractivity contribution >= 4 is 32.9 Å². The van der Waals surface area contributed by atoms with Gasteiger partial charge in [-0.15, -0.1) is 0 Å². The first kappa shape index (κ1) is 16.2. The molecule has 1 atom stereocenters. The van der Waals surface area contributed by atoms with Crippen LogP contribution in [0.4, 0.5) is 5.69 Å². The molecule has 1 saturated heterocycles. The summed E-state index contributed by atoms with van der Waals surface area (Å²) in [5, 5.41) is 0. The molecular formula is C14H20N2O3S2. The number of nitrogens with zero attached hydrogens (tertiary/aromatic N) is 1. The molecule has 0 amide bonds. The highest BCUT2D eigenvalue weighted by molar-refractivity contribution is 7.92. The van der Waals surface area contributed by atoms with Crippen LogP contribution in [0.15, 0.2) is 30.3 Å². The van der Waals surface area contributed by atoms with E-state index in [1.807, 2.05) is 18.2 Å². The molecule has 2 N–H and O–H groups in total. The zero-order valence-corrected chi connectivity index (χ0v) is 13.4. The predicted octanol–water partition coefficient (Wildman–Crippen LogP) is 1.68. The number of ether oxygens (including phenoxy) is 1. The molecule has 0 saturated carbocycles. The Morgan fingerprint density at radius 3 is 2.67 bits per heavy atom. The lowest BCUT2D eigenvalue weighted by Crippen LogP contribution is -2.38. The number of para-hydroxylation sites is 1. The second-order valence-electron chi connectivity index (χ2n) is 5.04. The van der Waals surface area contributed by atoms with Gasteiger partial charge in [0.05, 0.1) is 22.5 Å². The Labute approximate surface area is 131 Å². The van der Waals surface area contributed by atoms with Gasteiger partial charge in [0.2, 0.25) is 10.0 Å². The van der Waals surface area contributed by atoms with Crippen LogP contribution < -0.4 is 10.0 Å². The van der Waals surface area contributed by atoms with Crippen LogP contribution in [-0.4, -0.2) is 38.4 Å². The minimum Gasteiger partial charge on any atom is -0.393 e. The smallest absolute Gasteiger partial charge is 0.237 e. The highest BCUT2D eigenvalue weighted by atomic mass is 32.2. The van der Waals surface area contributed by atoms with Gasteiger partial charge in [-0.05, 0) is 25.0 Å². The van der Waals surface area contributed by atoms with Gasteiger partial charge in [-0.1, -0.05) is 30.4 Å². The molecule has 0 aliphatic carbocycles. The average Bonchev–Trinajstić information content (AvgIpc) is 2.91. The second kappa shape index (κ2) is 7.20. The third-order valence-electron chi connectivity index (χ3n) is 3.36. The summed E-state index contributed by atoms with van der Waals surface area (Å²) in [6.45, 7) is 0.896. The lowest BCUT2D eigenvalue weighted by atomic mass is 10.3. The van der Waals surface area contributed by atoms with Crippen molar-refractivity contribution in [3.8, 4) is 0 Å². The van der Waals surface area contributed by atoms with Gasteiger partial charge >= 0.3 is 0 Å². The van der Waals surface area contributed by atoms with Crippen LogP contribution >= 0.6 is 12.2 Å². The summed E-state index contributed by atoms with van der Waals surface area (Å²) >= 11 is 4.86. The van der Waals surface area contributed by atoms with Crippen molar-refractivity contribution in [1.82, 2.24) is 0 Å². The fourth-order valence-corrected chi connectivity index (χ4v) is 4.15. The second-order valence-corrected chi connectivity index (χ2v) is 7.50. The maximum Gasteiger partial charge on any atom is 0.237 e. The highest BCUT2D eigenvalue weighted by Gasteiger charge is 2.28. The van der Waals surface area contributed by atoms with E-state index in [4.69, 9.17) is 22.7 Å². The fourth-order valence-electron chi connectivity index (χ4n) is 2.34. The SMILES string of the molecule is NC(=S)CCN(c1ccccc1)S(=O)(=O)CC1CCCO1. The molecule has 1 heterocycles. The number of nitrogens with two attached hydrogens (primary N) is 1. The van der Waals surface area contributed by atoms with Gasteiger partial charge < -0.3 is 10.5 Å². The molecule has 116 valence electrons. The Hall–Kier alpha value is -1.18. The van der Waals surface area contributed by atoms with Crippen molar-refractivity contribution in [1.29, 1.82) is 0 Å². The first-order chi connectivity index (χ1) is 9.99. The van der Waals surface area contributed by atoms with Crippen LogP contribution in [-0.2, 0) is 14.8 Å². The molecule has 0 spiro atoms. The molecule has 21 heavy (non-hydrogen) atoms. The van der Waals surface area contributed by atoms with Crippen LogP contribution in [0.5, 0.6) is 0 Å². The first-order valence-electron chi connectivity index (χ1n) is 6.94. The zero-order chi connectivity index (χ0) is 15.3. The highest BCUT2D eigenvalue weighted by Crippen LogP contribution is 2.22. The van der Waals surface area contributed by atoms with E-state index < -0.39 is 10.0 Å². The number of rotatable bonds is 7. The Bertz CT molecular complexity index is 569. The van der Waals surface area contributed by atoms with Gasteiger partial charge in [0.25, 0.3) is 0 Å². The summed E-state index contributed by atoms with van der Waals surface area (Å²) in [5.41, 5.74) is 6.14. The third-order valence-corrected chi connectivity index (χ3v) is 5.42. The molecule has 2 rings (SSSR count). The maximum atomic E-state index is 12.7. The van der Waals surface area contributed by atoms with Crippen molar-refractivity contribution in [3.63, 3.8) is 0 Å². The van der Waals surface area contributed by atoms with Crippen LogP contribution in [0.2, 0.25) is 0 Å². The molecule has 5 nitrogen and oxygen atoms in total. The molecule has 1 aliphatic heterocycles. The lowest BCUT2D eigenvalue weighted by Gasteiger charge is -2.25. The van der Waals surface area contributed by atoms with Crippen molar-refractivity contribution in [2.45, 2.75) is 25.4 Å².